The first-order valence-corrected chi connectivity index (χ1v) is 8.75. The number of amides is 1. The third kappa shape index (κ3) is 4.27. The molecule has 2 N–H and O–H groups in total. The van der Waals surface area contributed by atoms with Crippen molar-refractivity contribution in [2.75, 3.05) is 13.1 Å². The number of hydrogen-bond donors (Lipinski definition) is 2. The number of H-pyrrole nitrogens is 1. The van der Waals surface area contributed by atoms with Gasteiger partial charge in [0.25, 0.3) is 5.91 Å². The van der Waals surface area contributed by atoms with Crippen LogP contribution < -0.4 is 0 Å². The van der Waals surface area contributed by atoms with Crippen molar-refractivity contribution in [2.24, 2.45) is 5.92 Å². The van der Waals surface area contributed by atoms with Gasteiger partial charge in [0.2, 0.25) is 0 Å². The second-order valence-corrected chi connectivity index (χ2v) is 7.54. The van der Waals surface area contributed by atoms with E-state index < -0.39 is 17.2 Å². The molecule has 5 nitrogen and oxygen atoms in total. The maximum atomic E-state index is 13.9. The number of carbonyl (C=O) groups is 1. The summed E-state index contributed by atoms with van der Waals surface area (Å²) in [4.78, 5) is 14.3. The van der Waals surface area contributed by atoms with Gasteiger partial charge in [0.05, 0.1) is 11.3 Å². The molecule has 1 aliphatic rings. The summed E-state index contributed by atoms with van der Waals surface area (Å²) < 4.78 is 27.2. The Morgan fingerprint density at radius 3 is 2.65 bits per heavy atom. The minimum atomic E-state index is -0.704. The molecule has 0 radical (unpaired) electrons. The molecular weight excluding hydrogens is 340 g/mol. The molecule has 0 bridgehead atoms. The number of aromatic nitrogens is 2. The Morgan fingerprint density at radius 1 is 1.31 bits per heavy atom. The van der Waals surface area contributed by atoms with E-state index >= 15 is 0 Å². The van der Waals surface area contributed by atoms with E-state index in [1.54, 1.807) is 18.7 Å². The smallest absolute Gasteiger partial charge is 0.271 e. The standard InChI is InChI=1S/C19H23F2N3O2/c1-19(2,26)11-12-5-7-24(8-6-12)18(25)17-10-16(22-23-17)14-9-13(20)3-4-15(14)21/h3-4,9-10,12,26H,5-8,11H2,1-2H3,(H,22,23). The van der Waals surface area contributed by atoms with Crippen molar-refractivity contribution in [3.05, 3.63) is 41.6 Å². The molecule has 0 atom stereocenters. The van der Waals surface area contributed by atoms with Gasteiger partial charge in [-0.05, 0) is 63.3 Å². The first-order chi connectivity index (χ1) is 12.2. The van der Waals surface area contributed by atoms with Gasteiger partial charge in [-0.15, -0.1) is 0 Å². The fourth-order valence-corrected chi connectivity index (χ4v) is 3.48. The lowest BCUT2D eigenvalue weighted by molar-refractivity contribution is 0.0357. The Bertz CT molecular complexity index is 790. The van der Waals surface area contributed by atoms with E-state index in [1.807, 2.05) is 0 Å². The number of hydrogen-bond acceptors (Lipinski definition) is 3. The van der Waals surface area contributed by atoms with Gasteiger partial charge < -0.3 is 10.0 Å². The van der Waals surface area contributed by atoms with Crippen molar-refractivity contribution >= 4 is 5.91 Å². The molecule has 2 heterocycles. The third-order valence-electron chi connectivity index (χ3n) is 4.70. The van der Waals surface area contributed by atoms with Crippen molar-refractivity contribution < 1.29 is 18.7 Å². The molecule has 1 aromatic heterocycles. The highest BCUT2D eigenvalue weighted by Gasteiger charge is 2.28. The number of halogens is 2. The molecule has 0 spiro atoms. The third-order valence-corrected chi connectivity index (χ3v) is 4.70. The van der Waals surface area contributed by atoms with Gasteiger partial charge in [0.1, 0.15) is 17.3 Å². The van der Waals surface area contributed by atoms with Gasteiger partial charge in [-0.1, -0.05) is 0 Å². The number of nitrogens with one attached hydrogen (secondary N) is 1. The van der Waals surface area contributed by atoms with Crippen LogP contribution in [0.5, 0.6) is 0 Å². The monoisotopic (exact) mass is 363 g/mol. The van der Waals surface area contributed by atoms with Crippen LogP contribution in [-0.2, 0) is 0 Å². The second kappa shape index (κ2) is 7.15. The van der Waals surface area contributed by atoms with Crippen LogP contribution in [0.15, 0.2) is 24.3 Å². The molecule has 0 aliphatic carbocycles. The number of likely N-dealkylation sites (tertiary alicyclic amines) is 1. The quantitative estimate of drug-likeness (QED) is 0.875. The van der Waals surface area contributed by atoms with Crippen LogP contribution in [-0.4, -0.2) is 44.8 Å². The molecule has 26 heavy (non-hydrogen) atoms. The van der Waals surface area contributed by atoms with Gasteiger partial charge in [0.15, 0.2) is 0 Å². The number of rotatable bonds is 4. The minimum absolute atomic E-state index is 0.0178. The van der Waals surface area contributed by atoms with Crippen LogP contribution in [0.3, 0.4) is 0 Å². The van der Waals surface area contributed by atoms with Gasteiger partial charge in [-0.25, -0.2) is 8.78 Å². The average molecular weight is 363 g/mol. The van der Waals surface area contributed by atoms with Crippen LogP contribution in [0.4, 0.5) is 8.78 Å². The first-order valence-electron chi connectivity index (χ1n) is 8.75. The topological polar surface area (TPSA) is 69.2 Å². The zero-order chi connectivity index (χ0) is 18.9. The van der Waals surface area contributed by atoms with Gasteiger partial charge in [0, 0.05) is 18.7 Å². The lowest BCUT2D eigenvalue weighted by Gasteiger charge is -2.34. The van der Waals surface area contributed by atoms with Crippen molar-refractivity contribution in [2.45, 2.75) is 38.7 Å². The summed E-state index contributed by atoms with van der Waals surface area (Å²) in [5.41, 5.74) is -0.236. The predicted molar refractivity (Wildman–Crippen MR) is 93.5 cm³/mol. The number of nitrogens with zero attached hydrogens (tertiary/aromatic N) is 2. The summed E-state index contributed by atoms with van der Waals surface area (Å²) >= 11 is 0. The van der Waals surface area contributed by atoms with E-state index in [0.717, 1.165) is 31.0 Å². The molecule has 1 aromatic carbocycles. The normalized spacial score (nSPS) is 16.1. The summed E-state index contributed by atoms with van der Waals surface area (Å²) in [6, 6.07) is 4.58. The fourth-order valence-electron chi connectivity index (χ4n) is 3.48. The van der Waals surface area contributed by atoms with E-state index in [9.17, 15) is 18.7 Å². The number of benzene rings is 1. The van der Waals surface area contributed by atoms with Gasteiger partial charge >= 0.3 is 0 Å². The molecule has 140 valence electrons. The maximum absolute atomic E-state index is 13.9. The summed E-state index contributed by atoms with van der Waals surface area (Å²) in [7, 11) is 0. The Kier molecular flexibility index (Phi) is 5.09. The van der Waals surface area contributed by atoms with Crippen molar-refractivity contribution in [3.63, 3.8) is 0 Å². The highest BCUT2D eigenvalue weighted by Crippen LogP contribution is 2.27. The van der Waals surface area contributed by atoms with E-state index in [1.165, 1.54) is 6.07 Å². The van der Waals surface area contributed by atoms with Crippen molar-refractivity contribution in [3.8, 4) is 11.3 Å². The Labute approximate surface area is 151 Å². The molecule has 1 fully saturated rings. The fraction of sp³-hybridized carbons (Fsp3) is 0.474. The predicted octanol–water partition coefficient (Wildman–Crippen LogP) is 3.37. The lowest BCUT2D eigenvalue weighted by Crippen LogP contribution is -2.40. The molecule has 2 aromatic rings. The summed E-state index contributed by atoms with van der Waals surface area (Å²) in [5.74, 6) is -0.976. The van der Waals surface area contributed by atoms with Gasteiger partial charge in [-0.3, -0.25) is 9.89 Å². The Morgan fingerprint density at radius 2 is 2.00 bits per heavy atom. The Balaban J connectivity index is 1.67. The molecule has 1 amide bonds. The lowest BCUT2D eigenvalue weighted by atomic mass is 9.86. The average Bonchev–Trinajstić information content (AvgIpc) is 3.05. The number of carbonyl (C=O) groups excluding carboxylic acids is 1. The minimum Gasteiger partial charge on any atom is -0.390 e. The summed E-state index contributed by atoms with van der Waals surface area (Å²) in [6.45, 7) is 4.79. The number of aromatic amines is 1. The largest absolute Gasteiger partial charge is 0.390 e. The zero-order valence-electron chi connectivity index (χ0n) is 14.9. The Hall–Kier alpha value is -2.28. The van der Waals surface area contributed by atoms with E-state index in [4.69, 9.17) is 0 Å². The van der Waals surface area contributed by atoms with E-state index in [0.29, 0.717) is 25.4 Å². The van der Waals surface area contributed by atoms with Crippen LogP contribution >= 0.6 is 0 Å². The van der Waals surface area contributed by atoms with E-state index in [2.05, 4.69) is 10.2 Å². The zero-order valence-corrected chi connectivity index (χ0v) is 14.9. The first kappa shape index (κ1) is 18.5. The van der Waals surface area contributed by atoms with Gasteiger partial charge in [-0.2, -0.15) is 5.10 Å². The number of aliphatic hydroxyl groups is 1. The van der Waals surface area contributed by atoms with Crippen LogP contribution in [0, 0.1) is 17.6 Å². The van der Waals surface area contributed by atoms with Crippen LogP contribution in [0.2, 0.25) is 0 Å². The van der Waals surface area contributed by atoms with Crippen LogP contribution in [0.25, 0.3) is 11.3 Å². The molecular formula is C19H23F2N3O2. The highest BCUT2D eigenvalue weighted by atomic mass is 19.1. The molecule has 7 heteroatoms. The van der Waals surface area contributed by atoms with Crippen molar-refractivity contribution in [1.29, 1.82) is 0 Å². The molecule has 0 saturated carbocycles. The SMILES string of the molecule is CC(C)(O)CC1CCN(C(=O)c2cc(-c3cc(F)ccc3F)n[nH]2)CC1. The van der Waals surface area contributed by atoms with E-state index in [-0.39, 0.29) is 22.9 Å². The maximum Gasteiger partial charge on any atom is 0.271 e. The molecule has 1 aliphatic heterocycles. The second-order valence-electron chi connectivity index (χ2n) is 7.54. The highest BCUT2D eigenvalue weighted by molar-refractivity contribution is 5.93. The number of piperidine rings is 1. The summed E-state index contributed by atoms with van der Waals surface area (Å²) in [5, 5.41) is 16.5. The summed E-state index contributed by atoms with van der Waals surface area (Å²) in [6.07, 6.45) is 2.37. The molecule has 1 saturated heterocycles. The molecule has 0 unspecified atom stereocenters. The molecule has 3 rings (SSSR count). The van der Waals surface area contributed by atoms with Crippen LogP contribution in [0.1, 0.15) is 43.6 Å². The van der Waals surface area contributed by atoms with Crippen molar-refractivity contribution in [1.82, 2.24) is 15.1 Å².